The minimum atomic E-state index is -1.25. The fraction of sp³-hybridized carbons (Fsp3) is 0.250. The summed E-state index contributed by atoms with van der Waals surface area (Å²) in [5.41, 5.74) is 0. The van der Waals surface area contributed by atoms with Crippen LogP contribution in [-0.4, -0.2) is 46.0 Å². The van der Waals surface area contributed by atoms with Gasteiger partial charge in [0.05, 0.1) is 0 Å². The summed E-state index contributed by atoms with van der Waals surface area (Å²) in [6.07, 6.45) is 2.72. The highest BCUT2D eigenvalue weighted by Crippen LogP contribution is 2.16. The maximum Gasteiger partial charge on any atom is 0.323 e. The number of thiophene rings is 1. The number of carbonyl (C=O) groups excluding carboxylic acids is 1. The molecule has 0 spiro atoms. The number of amides is 1. The lowest BCUT2D eigenvalue weighted by molar-refractivity contribution is -0.147. The summed E-state index contributed by atoms with van der Waals surface area (Å²) in [6, 6.07) is 3.71. The lowest BCUT2D eigenvalue weighted by atomic mass is 10.3. The molecule has 0 atom stereocenters. The predicted octanol–water partition coefficient (Wildman–Crippen LogP) is 1.07. The van der Waals surface area contributed by atoms with E-state index in [-0.39, 0.29) is 0 Å². The molecular formula is C12H13NO5S. The van der Waals surface area contributed by atoms with Crippen LogP contribution in [0.3, 0.4) is 0 Å². The lowest BCUT2D eigenvalue weighted by Gasteiger charge is -2.15. The maximum absolute atomic E-state index is 11.7. The second-order valence-corrected chi connectivity index (χ2v) is 5.08. The van der Waals surface area contributed by atoms with Crippen molar-refractivity contribution in [3.8, 4) is 0 Å². The largest absolute Gasteiger partial charge is 0.480 e. The zero-order valence-corrected chi connectivity index (χ0v) is 11.0. The summed E-state index contributed by atoms with van der Waals surface area (Å²) in [5.74, 6) is -3.15. The Balaban J connectivity index is 2.73. The zero-order valence-electron chi connectivity index (χ0n) is 10.2. The molecule has 2 N–H and O–H groups in total. The molecule has 0 radical (unpaired) electrons. The fourth-order valence-corrected chi connectivity index (χ4v) is 2.12. The predicted molar refractivity (Wildman–Crippen MR) is 69.9 cm³/mol. The molecule has 0 bridgehead atoms. The number of aryl methyl sites for hydroxylation is 1. The van der Waals surface area contributed by atoms with Crippen molar-refractivity contribution in [1.82, 2.24) is 4.90 Å². The van der Waals surface area contributed by atoms with Gasteiger partial charge in [-0.15, -0.1) is 11.3 Å². The number of rotatable bonds is 6. The molecule has 1 heterocycles. The number of aliphatic carboxylic acids is 2. The molecule has 7 heteroatoms. The van der Waals surface area contributed by atoms with E-state index < -0.39 is 30.9 Å². The highest BCUT2D eigenvalue weighted by Gasteiger charge is 2.17. The minimum Gasteiger partial charge on any atom is -0.480 e. The van der Waals surface area contributed by atoms with Crippen molar-refractivity contribution in [2.45, 2.75) is 6.92 Å². The van der Waals surface area contributed by atoms with Crippen LogP contribution in [0.5, 0.6) is 0 Å². The lowest BCUT2D eigenvalue weighted by Crippen LogP contribution is -2.38. The third-order valence-electron chi connectivity index (χ3n) is 2.12. The highest BCUT2D eigenvalue weighted by atomic mass is 32.1. The van der Waals surface area contributed by atoms with Crippen molar-refractivity contribution in [3.63, 3.8) is 0 Å². The summed E-state index contributed by atoms with van der Waals surface area (Å²) in [6.45, 7) is 0.642. The van der Waals surface area contributed by atoms with Crippen LogP contribution in [0.15, 0.2) is 18.2 Å². The minimum absolute atomic E-state index is 0.640. The molecule has 1 aromatic heterocycles. The SMILES string of the molecule is Cc1ccc(C=CC(=O)N(CC(=O)O)CC(=O)O)s1. The van der Waals surface area contributed by atoms with Gasteiger partial charge >= 0.3 is 11.9 Å². The van der Waals surface area contributed by atoms with Gasteiger partial charge in [-0.25, -0.2) is 0 Å². The first-order valence-corrected chi connectivity index (χ1v) is 6.17. The molecular weight excluding hydrogens is 270 g/mol. The Labute approximate surface area is 113 Å². The van der Waals surface area contributed by atoms with Crippen LogP contribution >= 0.6 is 11.3 Å². The Morgan fingerprint density at radius 3 is 2.21 bits per heavy atom. The first kappa shape index (κ1) is 14.9. The smallest absolute Gasteiger partial charge is 0.323 e. The molecule has 0 fully saturated rings. The third-order valence-corrected chi connectivity index (χ3v) is 3.08. The first-order valence-electron chi connectivity index (χ1n) is 5.35. The topological polar surface area (TPSA) is 94.9 Å². The zero-order chi connectivity index (χ0) is 14.4. The van der Waals surface area contributed by atoms with Gasteiger partial charge in [-0.05, 0) is 25.1 Å². The number of nitrogens with zero attached hydrogens (tertiary/aromatic N) is 1. The molecule has 0 aliphatic carbocycles. The molecule has 0 aromatic carbocycles. The van der Waals surface area contributed by atoms with Crippen LogP contribution in [0.1, 0.15) is 9.75 Å². The Hall–Kier alpha value is -2.15. The van der Waals surface area contributed by atoms with Gasteiger partial charge in [0, 0.05) is 15.8 Å². The molecule has 0 unspecified atom stereocenters. The van der Waals surface area contributed by atoms with Crippen LogP contribution in [0.25, 0.3) is 6.08 Å². The number of carbonyl (C=O) groups is 3. The van der Waals surface area contributed by atoms with E-state index in [0.717, 1.165) is 14.7 Å². The second-order valence-electron chi connectivity index (χ2n) is 3.76. The highest BCUT2D eigenvalue weighted by molar-refractivity contribution is 7.12. The van der Waals surface area contributed by atoms with Crippen LogP contribution < -0.4 is 0 Å². The molecule has 1 rings (SSSR count). The number of hydrogen-bond donors (Lipinski definition) is 2. The third kappa shape index (κ3) is 5.35. The van der Waals surface area contributed by atoms with E-state index in [1.807, 2.05) is 19.1 Å². The van der Waals surface area contributed by atoms with Crippen molar-refractivity contribution >= 4 is 35.3 Å². The van der Waals surface area contributed by atoms with Gasteiger partial charge in [0.25, 0.3) is 0 Å². The summed E-state index contributed by atoms with van der Waals surface area (Å²) in [5, 5.41) is 17.3. The van der Waals surface area contributed by atoms with Crippen molar-refractivity contribution in [2.75, 3.05) is 13.1 Å². The van der Waals surface area contributed by atoms with E-state index in [1.165, 1.54) is 23.5 Å². The van der Waals surface area contributed by atoms with Crippen LogP contribution in [0, 0.1) is 6.92 Å². The van der Waals surface area contributed by atoms with Crippen molar-refractivity contribution in [3.05, 3.63) is 28.0 Å². The van der Waals surface area contributed by atoms with Gasteiger partial charge in [0.2, 0.25) is 5.91 Å². The maximum atomic E-state index is 11.7. The summed E-state index contributed by atoms with van der Waals surface area (Å²) >= 11 is 1.48. The molecule has 0 saturated carbocycles. The van der Waals surface area contributed by atoms with Crippen molar-refractivity contribution in [1.29, 1.82) is 0 Å². The van der Waals surface area contributed by atoms with E-state index in [9.17, 15) is 14.4 Å². The van der Waals surface area contributed by atoms with E-state index in [4.69, 9.17) is 10.2 Å². The van der Waals surface area contributed by atoms with Crippen LogP contribution in [0.2, 0.25) is 0 Å². The summed E-state index contributed by atoms with van der Waals surface area (Å²) in [4.78, 5) is 35.5. The average molecular weight is 283 g/mol. The molecule has 6 nitrogen and oxygen atoms in total. The molecule has 102 valence electrons. The molecule has 1 amide bonds. The quantitative estimate of drug-likeness (QED) is 0.761. The molecule has 0 saturated heterocycles. The molecule has 19 heavy (non-hydrogen) atoms. The molecule has 0 aliphatic heterocycles. The van der Waals surface area contributed by atoms with Gasteiger partial charge in [-0.1, -0.05) is 0 Å². The van der Waals surface area contributed by atoms with Crippen molar-refractivity contribution < 1.29 is 24.6 Å². The van der Waals surface area contributed by atoms with Crippen molar-refractivity contribution in [2.24, 2.45) is 0 Å². The van der Waals surface area contributed by atoms with Crippen LogP contribution in [0.4, 0.5) is 0 Å². The Kier molecular flexibility index (Phi) is 5.25. The number of hydrogen-bond acceptors (Lipinski definition) is 4. The number of carboxylic acids is 2. The Morgan fingerprint density at radius 1 is 1.21 bits per heavy atom. The monoisotopic (exact) mass is 283 g/mol. The molecule has 0 aliphatic rings. The average Bonchev–Trinajstić information content (AvgIpc) is 2.70. The normalized spacial score (nSPS) is 10.6. The standard InChI is InChI=1S/C12H13NO5S/c1-8-2-3-9(19-8)4-5-10(14)13(6-11(15)16)7-12(17)18/h2-5H,6-7H2,1H3,(H,15,16)(H,17,18). The van der Waals surface area contributed by atoms with Gasteiger partial charge in [-0.2, -0.15) is 0 Å². The second kappa shape index (κ2) is 6.69. The molecule has 1 aromatic rings. The first-order chi connectivity index (χ1) is 8.88. The van der Waals surface area contributed by atoms with E-state index in [0.29, 0.717) is 0 Å². The van der Waals surface area contributed by atoms with E-state index >= 15 is 0 Å². The van der Waals surface area contributed by atoms with E-state index in [1.54, 1.807) is 0 Å². The Morgan fingerprint density at radius 2 is 1.79 bits per heavy atom. The fourth-order valence-electron chi connectivity index (χ4n) is 1.34. The van der Waals surface area contributed by atoms with Gasteiger partial charge in [0.15, 0.2) is 0 Å². The van der Waals surface area contributed by atoms with E-state index in [2.05, 4.69) is 0 Å². The van der Waals surface area contributed by atoms with Gasteiger partial charge < -0.3 is 15.1 Å². The van der Waals surface area contributed by atoms with Gasteiger partial charge in [0.1, 0.15) is 13.1 Å². The van der Waals surface area contributed by atoms with Gasteiger partial charge in [-0.3, -0.25) is 14.4 Å². The summed E-state index contributed by atoms with van der Waals surface area (Å²) in [7, 11) is 0. The van der Waals surface area contributed by atoms with Crippen LogP contribution in [-0.2, 0) is 14.4 Å². The number of carboxylic acid groups (broad SMARTS) is 2. The Bertz CT molecular complexity index is 504. The summed E-state index contributed by atoms with van der Waals surface area (Å²) < 4.78 is 0.